The number of nitrogens with zero attached hydrogens (tertiary/aromatic N) is 1. The summed E-state index contributed by atoms with van der Waals surface area (Å²) in [6, 6.07) is 0. The van der Waals surface area contributed by atoms with Crippen LogP contribution in [0.3, 0.4) is 0 Å². The third kappa shape index (κ3) is 15.9. The van der Waals surface area contributed by atoms with Crippen molar-refractivity contribution in [2.75, 3.05) is 26.2 Å². The highest BCUT2D eigenvalue weighted by molar-refractivity contribution is 5.69. The van der Waals surface area contributed by atoms with Gasteiger partial charge in [0.2, 0.25) is 0 Å². The average molecular weight is 410 g/mol. The molecule has 1 fully saturated rings. The molecule has 1 rings (SSSR count). The molecule has 0 aliphatic heterocycles. The topological polar surface area (TPSA) is 29.5 Å². The van der Waals surface area contributed by atoms with Crippen molar-refractivity contribution in [3.05, 3.63) is 0 Å². The molecular weight excluding hydrogens is 358 g/mol. The van der Waals surface area contributed by atoms with Crippen LogP contribution in [-0.2, 0) is 9.53 Å². The quantitative estimate of drug-likeness (QED) is 0.163. The van der Waals surface area contributed by atoms with Gasteiger partial charge in [0.05, 0.1) is 6.61 Å². The monoisotopic (exact) mass is 409 g/mol. The van der Waals surface area contributed by atoms with Gasteiger partial charge in [0.1, 0.15) is 0 Å². The Hall–Kier alpha value is -0.570. The maximum atomic E-state index is 11.9. The Balaban J connectivity index is 2.21. The largest absolute Gasteiger partial charge is 0.466 e. The summed E-state index contributed by atoms with van der Waals surface area (Å²) in [5.74, 6) is 0.952. The Morgan fingerprint density at radius 1 is 0.759 bits per heavy atom. The first-order valence-electron chi connectivity index (χ1n) is 13.1. The molecule has 3 nitrogen and oxygen atoms in total. The lowest BCUT2D eigenvalue weighted by molar-refractivity contribution is -0.143. The number of carbonyl (C=O) groups excluding carboxylic acids is 1. The smallest absolute Gasteiger partial charge is 0.305 e. The van der Waals surface area contributed by atoms with E-state index in [1.165, 1.54) is 103 Å². The van der Waals surface area contributed by atoms with Crippen LogP contribution in [0.15, 0.2) is 0 Å². The molecule has 0 radical (unpaired) electrons. The molecule has 0 amide bonds. The number of esters is 1. The van der Waals surface area contributed by atoms with E-state index in [0.29, 0.717) is 13.0 Å². The second kappa shape index (κ2) is 19.4. The van der Waals surface area contributed by atoms with Crippen LogP contribution in [0.4, 0.5) is 0 Å². The van der Waals surface area contributed by atoms with Crippen LogP contribution in [0, 0.1) is 5.92 Å². The van der Waals surface area contributed by atoms with Crippen molar-refractivity contribution in [3.8, 4) is 0 Å². The lowest BCUT2D eigenvalue weighted by Gasteiger charge is -2.27. The standard InChI is InChI=1S/C26H51NO2/c1-3-5-7-8-9-10-14-21-27(23-20-25-17-12-11-13-18-25)22-16-19-26(28)29-24-15-6-4-2/h25H,3-24H2,1-2H3. The molecule has 0 atom stereocenters. The summed E-state index contributed by atoms with van der Waals surface area (Å²) in [4.78, 5) is 14.6. The van der Waals surface area contributed by atoms with Gasteiger partial charge in [-0.3, -0.25) is 4.79 Å². The van der Waals surface area contributed by atoms with Crippen LogP contribution < -0.4 is 0 Å². The zero-order valence-corrected chi connectivity index (χ0v) is 19.9. The number of hydrogen-bond donors (Lipinski definition) is 0. The zero-order valence-electron chi connectivity index (χ0n) is 19.9. The molecule has 0 unspecified atom stereocenters. The third-order valence-electron chi connectivity index (χ3n) is 6.52. The number of ether oxygens (including phenoxy) is 1. The minimum Gasteiger partial charge on any atom is -0.466 e. The summed E-state index contributed by atoms with van der Waals surface area (Å²) in [7, 11) is 0. The molecule has 3 heteroatoms. The van der Waals surface area contributed by atoms with Crippen molar-refractivity contribution in [1.29, 1.82) is 0 Å². The molecule has 1 aliphatic carbocycles. The fourth-order valence-corrected chi connectivity index (χ4v) is 4.53. The molecule has 0 heterocycles. The van der Waals surface area contributed by atoms with Gasteiger partial charge >= 0.3 is 5.97 Å². The van der Waals surface area contributed by atoms with Crippen molar-refractivity contribution in [2.24, 2.45) is 5.92 Å². The van der Waals surface area contributed by atoms with Gasteiger partial charge in [0, 0.05) is 6.42 Å². The number of hydrogen-bond acceptors (Lipinski definition) is 3. The number of carbonyl (C=O) groups is 1. The first kappa shape index (κ1) is 26.5. The highest BCUT2D eigenvalue weighted by atomic mass is 16.5. The van der Waals surface area contributed by atoms with E-state index in [4.69, 9.17) is 4.74 Å². The summed E-state index contributed by atoms with van der Waals surface area (Å²) in [5.41, 5.74) is 0. The van der Waals surface area contributed by atoms with Crippen LogP contribution in [0.25, 0.3) is 0 Å². The molecule has 0 N–H and O–H groups in total. The van der Waals surface area contributed by atoms with Gasteiger partial charge < -0.3 is 9.64 Å². The summed E-state index contributed by atoms with van der Waals surface area (Å²) in [6.45, 7) is 8.57. The van der Waals surface area contributed by atoms with Crippen molar-refractivity contribution in [1.82, 2.24) is 4.90 Å². The summed E-state index contributed by atoms with van der Waals surface area (Å²) in [6.07, 6.45) is 23.0. The third-order valence-corrected chi connectivity index (χ3v) is 6.52. The van der Waals surface area contributed by atoms with Gasteiger partial charge in [0.15, 0.2) is 0 Å². The van der Waals surface area contributed by atoms with Gasteiger partial charge in [-0.1, -0.05) is 97.3 Å². The van der Waals surface area contributed by atoms with Crippen LogP contribution in [-0.4, -0.2) is 37.1 Å². The fourth-order valence-electron chi connectivity index (χ4n) is 4.53. The predicted octanol–water partition coefficient (Wildman–Crippen LogP) is 7.52. The van der Waals surface area contributed by atoms with E-state index in [0.717, 1.165) is 31.7 Å². The molecule has 0 aromatic heterocycles. The van der Waals surface area contributed by atoms with Crippen LogP contribution in [0.2, 0.25) is 0 Å². The van der Waals surface area contributed by atoms with Gasteiger partial charge in [-0.05, 0) is 51.2 Å². The molecule has 1 aliphatic rings. The van der Waals surface area contributed by atoms with E-state index in [1.807, 2.05) is 0 Å². The Bertz CT molecular complexity index is 366. The van der Waals surface area contributed by atoms with Gasteiger partial charge in [-0.25, -0.2) is 0 Å². The molecule has 0 saturated heterocycles. The lowest BCUT2D eigenvalue weighted by atomic mass is 9.87. The average Bonchev–Trinajstić information content (AvgIpc) is 2.74. The second-order valence-corrected chi connectivity index (χ2v) is 9.29. The molecule has 172 valence electrons. The highest BCUT2D eigenvalue weighted by Crippen LogP contribution is 2.26. The van der Waals surface area contributed by atoms with Crippen LogP contribution >= 0.6 is 0 Å². The van der Waals surface area contributed by atoms with E-state index in [1.54, 1.807) is 0 Å². The van der Waals surface area contributed by atoms with E-state index in [2.05, 4.69) is 18.7 Å². The molecular formula is C26H51NO2. The van der Waals surface area contributed by atoms with Crippen molar-refractivity contribution in [2.45, 2.75) is 129 Å². The molecule has 0 spiro atoms. The fraction of sp³-hybridized carbons (Fsp3) is 0.962. The van der Waals surface area contributed by atoms with Crippen molar-refractivity contribution < 1.29 is 9.53 Å². The zero-order chi connectivity index (χ0) is 21.0. The normalized spacial score (nSPS) is 15.1. The predicted molar refractivity (Wildman–Crippen MR) is 125 cm³/mol. The molecule has 0 aromatic carbocycles. The van der Waals surface area contributed by atoms with Gasteiger partial charge in [-0.2, -0.15) is 0 Å². The maximum Gasteiger partial charge on any atom is 0.305 e. The SMILES string of the molecule is CCCCCCCCCN(CCCC(=O)OCCCCC)CCC1CCCCC1. The van der Waals surface area contributed by atoms with E-state index in [9.17, 15) is 4.79 Å². The van der Waals surface area contributed by atoms with Gasteiger partial charge in [0.25, 0.3) is 0 Å². The number of unbranched alkanes of at least 4 members (excludes halogenated alkanes) is 8. The Morgan fingerprint density at radius 3 is 2.10 bits per heavy atom. The Kier molecular flexibility index (Phi) is 17.7. The molecule has 0 bridgehead atoms. The first-order valence-corrected chi connectivity index (χ1v) is 13.1. The van der Waals surface area contributed by atoms with E-state index >= 15 is 0 Å². The summed E-state index contributed by atoms with van der Waals surface area (Å²) in [5, 5.41) is 0. The first-order chi connectivity index (χ1) is 14.3. The minimum atomic E-state index is 0.00394. The highest BCUT2D eigenvalue weighted by Gasteiger charge is 2.15. The molecule has 1 saturated carbocycles. The minimum absolute atomic E-state index is 0.00394. The maximum absolute atomic E-state index is 11.9. The Labute approximate surface area is 182 Å². The van der Waals surface area contributed by atoms with E-state index in [-0.39, 0.29) is 5.97 Å². The van der Waals surface area contributed by atoms with Crippen molar-refractivity contribution >= 4 is 5.97 Å². The van der Waals surface area contributed by atoms with Crippen LogP contribution in [0.1, 0.15) is 129 Å². The molecule has 0 aromatic rings. The second-order valence-electron chi connectivity index (χ2n) is 9.29. The Morgan fingerprint density at radius 2 is 1.38 bits per heavy atom. The van der Waals surface area contributed by atoms with Crippen molar-refractivity contribution in [3.63, 3.8) is 0 Å². The summed E-state index contributed by atoms with van der Waals surface area (Å²) < 4.78 is 5.37. The van der Waals surface area contributed by atoms with E-state index < -0.39 is 0 Å². The van der Waals surface area contributed by atoms with Crippen LogP contribution in [0.5, 0.6) is 0 Å². The molecule has 29 heavy (non-hydrogen) atoms. The number of rotatable bonds is 19. The van der Waals surface area contributed by atoms with Gasteiger partial charge in [-0.15, -0.1) is 0 Å². The summed E-state index contributed by atoms with van der Waals surface area (Å²) >= 11 is 0. The lowest BCUT2D eigenvalue weighted by Crippen LogP contribution is -2.29.